The van der Waals surface area contributed by atoms with Crippen molar-refractivity contribution in [1.29, 1.82) is 0 Å². The van der Waals surface area contributed by atoms with Gasteiger partial charge in [0.2, 0.25) is 11.8 Å². The average Bonchev–Trinajstić information content (AvgIpc) is 3.40. The van der Waals surface area contributed by atoms with Crippen LogP contribution in [0.2, 0.25) is 0 Å². The topological polar surface area (TPSA) is 69.6 Å². The Labute approximate surface area is 192 Å². The summed E-state index contributed by atoms with van der Waals surface area (Å²) in [6, 6.07) is 19.0. The summed E-state index contributed by atoms with van der Waals surface area (Å²) in [7, 11) is 0. The van der Waals surface area contributed by atoms with Crippen molar-refractivity contribution in [3.8, 4) is 11.4 Å². The molecule has 1 saturated carbocycles. The summed E-state index contributed by atoms with van der Waals surface area (Å²) in [5.74, 6) is 3.31. The van der Waals surface area contributed by atoms with Gasteiger partial charge in [-0.3, -0.25) is 4.57 Å². The number of hydrogen-bond acceptors (Lipinski definition) is 6. The Morgan fingerprint density at radius 2 is 1.69 bits per heavy atom. The lowest BCUT2D eigenvalue weighted by Crippen LogP contribution is -2.10. The van der Waals surface area contributed by atoms with Crippen molar-refractivity contribution in [1.82, 2.24) is 25.0 Å². The predicted molar refractivity (Wildman–Crippen MR) is 126 cm³/mol. The molecule has 5 rings (SSSR count). The molecule has 0 spiro atoms. The van der Waals surface area contributed by atoms with Crippen LogP contribution in [0.4, 0.5) is 0 Å². The Morgan fingerprint density at radius 1 is 0.938 bits per heavy atom. The van der Waals surface area contributed by atoms with Crippen LogP contribution in [0.3, 0.4) is 0 Å². The third-order valence-electron chi connectivity index (χ3n) is 5.64. The van der Waals surface area contributed by atoms with Gasteiger partial charge in [-0.25, -0.2) is 0 Å². The zero-order valence-corrected chi connectivity index (χ0v) is 19.5. The zero-order chi connectivity index (χ0) is 22.1. The summed E-state index contributed by atoms with van der Waals surface area (Å²) >= 11 is 1.58. The highest BCUT2D eigenvalue weighted by Gasteiger charge is 2.29. The molecule has 32 heavy (non-hydrogen) atoms. The first-order valence-electron chi connectivity index (χ1n) is 11.0. The van der Waals surface area contributed by atoms with Crippen LogP contribution in [0.15, 0.2) is 64.2 Å². The Morgan fingerprint density at radius 3 is 2.38 bits per heavy atom. The molecule has 0 bridgehead atoms. The first kappa shape index (κ1) is 20.9. The van der Waals surface area contributed by atoms with Crippen LogP contribution in [0.1, 0.15) is 62.4 Å². The minimum absolute atomic E-state index is 0.112. The van der Waals surface area contributed by atoms with E-state index >= 15 is 0 Å². The molecule has 2 aromatic heterocycles. The summed E-state index contributed by atoms with van der Waals surface area (Å²) in [4.78, 5) is 0. The number of hydrogen-bond donors (Lipinski definition) is 0. The van der Waals surface area contributed by atoms with E-state index in [-0.39, 0.29) is 5.41 Å². The smallest absolute Gasteiger partial charge is 0.226 e. The number of thioether (sulfide) groups is 1. The molecular weight excluding hydrogens is 418 g/mol. The zero-order valence-electron chi connectivity index (χ0n) is 18.7. The fraction of sp³-hybridized carbons (Fsp3) is 0.360. The summed E-state index contributed by atoms with van der Waals surface area (Å²) in [5.41, 5.74) is 3.67. The van der Waals surface area contributed by atoms with E-state index in [2.05, 4.69) is 94.3 Å². The summed E-state index contributed by atoms with van der Waals surface area (Å²) in [6.07, 6.45) is 2.30. The van der Waals surface area contributed by atoms with E-state index in [1.807, 2.05) is 6.07 Å². The van der Waals surface area contributed by atoms with Crippen molar-refractivity contribution in [2.75, 3.05) is 0 Å². The lowest BCUT2D eigenvalue weighted by atomic mass is 9.87. The quantitative estimate of drug-likeness (QED) is 0.333. The maximum atomic E-state index is 5.82. The Balaban J connectivity index is 1.42. The van der Waals surface area contributed by atoms with Gasteiger partial charge in [-0.05, 0) is 29.4 Å². The Kier molecular flexibility index (Phi) is 5.59. The molecule has 0 atom stereocenters. The molecular formula is C25H27N5OS. The van der Waals surface area contributed by atoms with Crippen molar-refractivity contribution >= 4 is 11.8 Å². The molecule has 2 heterocycles. The van der Waals surface area contributed by atoms with E-state index in [1.54, 1.807) is 11.8 Å². The maximum Gasteiger partial charge on any atom is 0.226 e. The van der Waals surface area contributed by atoms with Gasteiger partial charge in [-0.1, -0.05) is 87.1 Å². The number of aromatic nitrogens is 5. The molecule has 164 valence electrons. The average molecular weight is 446 g/mol. The molecule has 1 aliphatic rings. The first-order valence-corrected chi connectivity index (χ1v) is 12.0. The summed E-state index contributed by atoms with van der Waals surface area (Å²) < 4.78 is 7.99. The maximum absolute atomic E-state index is 5.82. The van der Waals surface area contributed by atoms with E-state index in [4.69, 9.17) is 4.42 Å². The standard InChI is InChI=1S/C25H27N5OS/c1-25(2,3)20-13-11-18(12-14-20)22-27-29-24(30(22)15-17-7-5-4-6-8-17)32-16-21-26-28-23(31-21)19-9-10-19/h4-8,11-14,19H,9-10,15-16H2,1-3H3. The molecule has 0 amide bonds. The summed E-state index contributed by atoms with van der Waals surface area (Å²) in [6.45, 7) is 7.37. The largest absolute Gasteiger partial charge is 0.424 e. The molecule has 4 aromatic rings. The van der Waals surface area contributed by atoms with Gasteiger partial charge in [0.05, 0.1) is 12.3 Å². The van der Waals surface area contributed by atoms with E-state index in [9.17, 15) is 0 Å². The molecule has 1 aliphatic carbocycles. The summed E-state index contributed by atoms with van der Waals surface area (Å²) in [5, 5.41) is 18.3. The molecule has 6 nitrogen and oxygen atoms in total. The van der Waals surface area contributed by atoms with Gasteiger partial charge in [0.1, 0.15) is 0 Å². The monoisotopic (exact) mass is 445 g/mol. The van der Waals surface area contributed by atoms with Gasteiger partial charge in [0, 0.05) is 11.5 Å². The second-order valence-electron chi connectivity index (χ2n) is 9.30. The number of benzene rings is 2. The molecule has 0 radical (unpaired) electrons. The van der Waals surface area contributed by atoms with E-state index < -0.39 is 0 Å². The van der Waals surface area contributed by atoms with Crippen LogP contribution in [-0.2, 0) is 17.7 Å². The molecule has 0 unspecified atom stereocenters. The second kappa shape index (κ2) is 8.54. The van der Waals surface area contributed by atoms with Crippen LogP contribution in [-0.4, -0.2) is 25.0 Å². The molecule has 0 saturated heterocycles. The highest BCUT2D eigenvalue weighted by molar-refractivity contribution is 7.98. The van der Waals surface area contributed by atoms with Crippen LogP contribution >= 0.6 is 11.8 Å². The third-order valence-corrected chi connectivity index (χ3v) is 6.59. The number of nitrogens with zero attached hydrogens (tertiary/aromatic N) is 5. The lowest BCUT2D eigenvalue weighted by molar-refractivity contribution is 0.466. The first-order chi connectivity index (χ1) is 15.5. The van der Waals surface area contributed by atoms with Crippen molar-refractivity contribution in [2.24, 2.45) is 0 Å². The third kappa shape index (κ3) is 4.63. The van der Waals surface area contributed by atoms with Gasteiger partial charge >= 0.3 is 0 Å². The van der Waals surface area contributed by atoms with Gasteiger partial charge in [-0.2, -0.15) is 0 Å². The predicted octanol–water partition coefficient (Wildman–Crippen LogP) is 5.84. The van der Waals surface area contributed by atoms with Crippen molar-refractivity contribution in [3.05, 3.63) is 77.5 Å². The Bertz CT molecular complexity index is 1190. The number of rotatable bonds is 7. The van der Waals surface area contributed by atoms with Crippen LogP contribution in [0.25, 0.3) is 11.4 Å². The SMILES string of the molecule is CC(C)(C)c1ccc(-c2nnc(SCc3nnc(C4CC4)o3)n2Cc2ccccc2)cc1. The van der Waals surface area contributed by atoms with Gasteiger partial charge < -0.3 is 4.42 Å². The normalized spacial score (nSPS) is 14.1. The molecule has 7 heteroatoms. The molecule has 0 aliphatic heterocycles. The van der Waals surface area contributed by atoms with E-state index in [0.29, 0.717) is 24.1 Å². The fourth-order valence-corrected chi connectivity index (χ4v) is 4.36. The van der Waals surface area contributed by atoms with E-state index in [0.717, 1.165) is 35.3 Å². The minimum Gasteiger partial charge on any atom is -0.424 e. The van der Waals surface area contributed by atoms with Gasteiger partial charge in [0.15, 0.2) is 11.0 Å². The van der Waals surface area contributed by atoms with Crippen molar-refractivity contribution in [2.45, 2.75) is 62.4 Å². The van der Waals surface area contributed by atoms with Crippen LogP contribution in [0, 0.1) is 0 Å². The highest BCUT2D eigenvalue weighted by atomic mass is 32.2. The van der Waals surface area contributed by atoms with Crippen molar-refractivity contribution < 1.29 is 4.42 Å². The van der Waals surface area contributed by atoms with Gasteiger partial charge in [0.25, 0.3) is 0 Å². The minimum atomic E-state index is 0.112. The molecule has 2 aromatic carbocycles. The molecule has 1 fully saturated rings. The highest BCUT2D eigenvalue weighted by Crippen LogP contribution is 2.39. The second-order valence-corrected chi connectivity index (χ2v) is 10.2. The molecule has 0 N–H and O–H groups in total. The van der Waals surface area contributed by atoms with Gasteiger partial charge in [-0.15, -0.1) is 20.4 Å². The lowest BCUT2D eigenvalue weighted by Gasteiger charge is -2.19. The van der Waals surface area contributed by atoms with Crippen LogP contribution in [0.5, 0.6) is 0 Å². The van der Waals surface area contributed by atoms with Crippen LogP contribution < -0.4 is 0 Å². The fourth-order valence-electron chi connectivity index (χ4n) is 3.58. The van der Waals surface area contributed by atoms with E-state index in [1.165, 1.54) is 11.1 Å². The van der Waals surface area contributed by atoms with Crippen molar-refractivity contribution in [3.63, 3.8) is 0 Å². The Hall–Kier alpha value is -2.93.